The van der Waals surface area contributed by atoms with Crippen LogP contribution < -0.4 is 15.8 Å². The molecular weight excluding hydrogens is 240 g/mol. The van der Waals surface area contributed by atoms with Gasteiger partial charge in [0, 0.05) is 11.7 Å². The van der Waals surface area contributed by atoms with Crippen molar-refractivity contribution in [3.05, 3.63) is 23.8 Å². The number of amides is 1. The number of methoxy groups -OCH3 is 1. The van der Waals surface area contributed by atoms with Crippen LogP contribution in [0.15, 0.2) is 18.2 Å². The van der Waals surface area contributed by atoms with Crippen molar-refractivity contribution in [2.24, 2.45) is 5.92 Å². The number of nitrogen functional groups attached to an aromatic ring is 1. The first-order valence-corrected chi connectivity index (χ1v) is 6.84. The Morgan fingerprint density at radius 2 is 2.21 bits per heavy atom. The number of rotatable bonds is 3. The third-order valence-corrected chi connectivity index (χ3v) is 3.74. The molecule has 1 aromatic rings. The molecule has 0 unspecified atom stereocenters. The Kier molecular flexibility index (Phi) is 4.30. The van der Waals surface area contributed by atoms with Gasteiger partial charge >= 0.3 is 0 Å². The zero-order chi connectivity index (χ0) is 13.8. The van der Waals surface area contributed by atoms with Gasteiger partial charge in [0.2, 0.25) is 0 Å². The highest BCUT2D eigenvalue weighted by molar-refractivity contribution is 5.98. The predicted molar refractivity (Wildman–Crippen MR) is 76.3 cm³/mol. The fourth-order valence-corrected chi connectivity index (χ4v) is 2.73. The molecule has 1 aromatic carbocycles. The number of nitrogens with one attached hydrogen (secondary N) is 1. The molecule has 0 heterocycles. The maximum Gasteiger partial charge on any atom is 0.255 e. The maximum absolute atomic E-state index is 12.3. The van der Waals surface area contributed by atoms with E-state index in [1.807, 2.05) is 0 Å². The van der Waals surface area contributed by atoms with Gasteiger partial charge in [0.15, 0.2) is 0 Å². The van der Waals surface area contributed by atoms with Crippen LogP contribution in [-0.2, 0) is 0 Å². The van der Waals surface area contributed by atoms with E-state index in [1.54, 1.807) is 25.3 Å². The number of hydrogen-bond acceptors (Lipinski definition) is 3. The predicted octanol–water partition coefficient (Wildman–Crippen LogP) is 2.59. The van der Waals surface area contributed by atoms with E-state index < -0.39 is 0 Å². The van der Waals surface area contributed by atoms with Crippen LogP contribution in [0.5, 0.6) is 5.75 Å². The summed E-state index contributed by atoms with van der Waals surface area (Å²) in [4.78, 5) is 12.3. The molecule has 1 saturated carbocycles. The second kappa shape index (κ2) is 5.95. The molecule has 0 saturated heterocycles. The van der Waals surface area contributed by atoms with Gasteiger partial charge in [-0.25, -0.2) is 0 Å². The normalized spacial score (nSPS) is 22.8. The standard InChI is InChI=1S/C15H22N2O2/c1-10-4-3-5-12(8-10)17-15(18)13-9-11(16)6-7-14(13)19-2/h6-7,9-10,12H,3-5,8,16H2,1-2H3,(H,17,18)/t10-,12-/m1/s1. The molecule has 0 spiro atoms. The van der Waals surface area contributed by atoms with E-state index in [2.05, 4.69) is 12.2 Å². The first kappa shape index (κ1) is 13.7. The van der Waals surface area contributed by atoms with E-state index >= 15 is 0 Å². The van der Waals surface area contributed by atoms with Crippen molar-refractivity contribution in [3.8, 4) is 5.75 Å². The van der Waals surface area contributed by atoms with Gasteiger partial charge in [0.25, 0.3) is 5.91 Å². The summed E-state index contributed by atoms with van der Waals surface area (Å²) in [5.41, 5.74) is 6.83. The molecule has 2 atom stereocenters. The molecule has 0 aromatic heterocycles. The summed E-state index contributed by atoms with van der Waals surface area (Å²) in [7, 11) is 1.56. The third-order valence-electron chi connectivity index (χ3n) is 3.74. The number of nitrogens with two attached hydrogens (primary N) is 1. The molecule has 104 valence electrons. The third kappa shape index (κ3) is 3.40. The molecule has 0 radical (unpaired) electrons. The fourth-order valence-electron chi connectivity index (χ4n) is 2.73. The summed E-state index contributed by atoms with van der Waals surface area (Å²) in [6.45, 7) is 2.24. The SMILES string of the molecule is COc1ccc(N)cc1C(=O)N[C@@H]1CCC[C@@H](C)C1. The smallest absolute Gasteiger partial charge is 0.255 e. The Balaban J connectivity index is 2.09. The zero-order valence-corrected chi connectivity index (χ0v) is 11.6. The topological polar surface area (TPSA) is 64.3 Å². The van der Waals surface area contributed by atoms with Crippen molar-refractivity contribution in [2.45, 2.75) is 38.6 Å². The van der Waals surface area contributed by atoms with Crippen LogP contribution in [0.25, 0.3) is 0 Å². The van der Waals surface area contributed by atoms with Gasteiger partial charge in [0.05, 0.1) is 12.7 Å². The van der Waals surface area contributed by atoms with Crippen molar-refractivity contribution in [2.75, 3.05) is 12.8 Å². The molecule has 1 aliphatic rings. The summed E-state index contributed by atoms with van der Waals surface area (Å²) in [5.74, 6) is 1.15. The van der Waals surface area contributed by atoms with E-state index in [4.69, 9.17) is 10.5 Å². The number of ether oxygens (including phenoxy) is 1. The lowest BCUT2D eigenvalue weighted by Crippen LogP contribution is -2.38. The number of carbonyl (C=O) groups is 1. The summed E-state index contributed by atoms with van der Waals surface area (Å²) in [6.07, 6.45) is 4.55. The van der Waals surface area contributed by atoms with Gasteiger partial charge in [-0.05, 0) is 37.0 Å². The minimum absolute atomic E-state index is 0.0942. The van der Waals surface area contributed by atoms with E-state index in [0.717, 1.165) is 12.8 Å². The van der Waals surface area contributed by atoms with Gasteiger partial charge in [-0.2, -0.15) is 0 Å². The van der Waals surface area contributed by atoms with Gasteiger partial charge < -0.3 is 15.8 Å². The Labute approximate surface area is 114 Å². The molecule has 0 aliphatic heterocycles. The molecule has 2 rings (SSSR count). The Morgan fingerprint density at radius 3 is 2.89 bits per heavy atom. The summed E-state index contributed by atoms with van der Waals surface area (Å²) >= 11 is 0. The number of anilines is 1. The largest absolute Gasteiger partial charge is 0.496 e. The van der Waals surface area contributed by atoms with E-state index in [1.165, 1.54) is 12.8 Å². The van der Waals surface area contributed by atoms with Crippen molar-refractivity contribution < 1.29 is 9.53 Å². The van der Waals surface area contributed by atoms with Gasteiger partial charge in [0.1, 0.15) is 5.75 Å². The second-order valence-corrected chi connectivity index (χ2v) is 5.40. The minimum atomic E-state index is -0.0942. The lowest BCUT2D eigenvalue weighted by Gasteiger charge is -2.27. The van der Waals surface area contributed by atoms with Crippen LogP contribution in [0.1, 0.15) is 43.0 Å². The quantitative estimate of drug-likeness (QED) is 0.823. The van der Waals surface area contributed by atoms with E-state index in [-0.39, 0.29) is 11.9 Å². The Bertz CT molecular complexity index is 459. The summed E-state index contributed by atoms with van der Waals surface area (Å²) in [6, 6.07) is 5.40. The first-order valence-electron chi connectivity index (χ1n) is 6.84. The van der Waals surface area contributed by atoms with Gasteiger partial charge in [-0.15, -0.1) is 0 Å². The molecule has 3 N–H and O–H groups in total. The zero-order valence-electron chi connectivity index (χ0n) is 11.6. The van der Waals surface area contributed by atoms with Crippen LogP contribution >= 0.6 is 0 Å². The van der Waals surface area contributed by atoms with Crippen LogP contribution in [0.3, 0.4) is 0 Å². The number of carbonyl (C=O) groups excluding carboxylic acids is 1. The second-order valence-electron chi connectivity index (χ2n) is 5.40. The van der Waals surface area contributed by atoms with Crippen LogP contribution in [0, 0.1) is 5.92 Å². The van der Waals surface area contributed by atoms with Crippen molar-refractivity contribution in [1.29, 1.82) is 0 Å². The summed E-state index contributed by atoms with van der Waals surface area (Å²) in [5, 5.41) is 3.09. The van der Waals surface area contributed by atoms with Crippen molar-refractivity contribution in [1.82, 2.24) is 5.32 Å². The van der Waals surface area contributed by atoms with E-state index in [0.29, 0.717) is 22.9 Å². The molecule has 1 amide bonds. The first-order chi connectivity index (χ1) is 9.10. The monoisotopic (exact) mass is 262 g/mol. The summed E-state index contributed by atoms with van der Waals surface area (Å²) < 4.78 is 5.22. The molecule has 0 bridgehead atoms. The van der Waals surface area contributed by atoms with Gasteiger partial charge in [-0.1, -0.05) is 19.8 Å². The highest BCUT2D eigenvalue weighted by Gasteiger charge is 2.22. The Morgan fingerprint density at radius 1 is 1.42 bits per heavy atom. The number of benzene rings is 1. The fraction of sp³-hybridized carbons (Fsp3) is 0.533. The molecule has 1 fully saturated rings. The lowest BCUT2D eigenvalue weighted by atomic mass is 9.87. The van der Waals surface area contributed by atoms with E-state index in [9.17, 15) is 4.79 Å². The molecule has 4 heteroatoms. The lowest BCUT2D eigenvalue weighted by molar-refractivity contribution is 0.0918. The highest BCUT2D eigenvalue weighted by Crippen LogP contribution is 2.25. The van der Waals surface area contributed by atoms with Gasteiger partial charge in [-0.3, -0.25) is 4.79 Å². The Hall–Kier alpha value is -1.71. The molecule has 4 nitrogen and oxygen atoms in total. The highest BCUT2D eigenvalue weighted by atomic mass is 16.5. The minimum Gasteiger partial charge on any atom is -0.496 e. The average molecular weight is 262 g/mol. The number of hydrogen-bond donors (Lipinski definition) is 2. The molecular formula is C15H22N2O2. The molecule has 19 heavy (non-hydrogen) atoms. The van der Waals surface area contributed by atoms with Crippen LogP contribution in [0.2, 0.25) is 0 Å². The maximum atomic E-state index is 12.3. The van der Waals surface area contributed by atoms with Crippen LogP contribution in [-0.4, -0.2) is 19.1 Å². The van der Waals surface area contributed by atoms with Crippen molar-refractivity contribution >= 4 is 11.6 Å². The van der Waals surface area contributed by atoms with Crippen molar-refractivity contribution in [3.63, 3.8) is 0 Å². The van der Waals surface area contributed by atoms with Crippen LogP contribution in [0.4, 0.5) is 5.69 Å². The average Bonchev–Trinajstić information content (AvgIpc) is 2.38. The molecule has 1 aliphatic carbocycles.